The van der Waals surface area contributed by atoms with Gasteiger partial charge in [0.15, 0.2) is 11.5 Å². The summed E-state index contributed by atoms with van der Waals surface area (Å²) in [7, 11) is 1.60. The number of hydrogen-bond donors (Lipinski definition) is 2. The molecule has 5 nitrogen and oxygen atoms in total. The number of rotatable bonds is 8. The molecule has 0 atom stereocenters. The van der Waals surface area contributed by atoms with Gasteiger partial charge in [-0.05, 0) is 54.1 Å². The molecule has 1 amide bonds. The molecule has 0 heterocycles. The van der Waals surface area contributed by atoms with Gasteiger partial charge in [0.25, 0.3) is 0 Å². The number of amides is 1. The van der Waals surface area contributed by atoms with E-state index in [-0.39, 0.29) is 5.91 Å². The zero-order chi connectivity index (χ0) is 22.4. The first-order valence-electron chi connectivity index (χ1n) is 9.41. The van der Waals surface area contributed by atoms with Crippen LogP contribution >= 0.6 is 39.1 Å². The van der Waals surface area contributed by atoms with Gasteiger partial charge >= 0.3 is 0 Å². The number of carbonyl (C=O) groups excluding carboxylic acids is 1. The summed E-state index contributed by atoms with van der Waals surface area (Å²) in [6.07, 6.45) is 0. The van der Waals surface area contributed by atoms with Crippen molar-refractivity contribution in [3.63, 3.8) is 0 Å². The Morgan fingerprint density at radius 3 is 2.35 bits per heavy atom. The Hall–Kier alpha value is -2.41. The molecule has 2 N–H and O–H groups in total. The SMILES string of the molecule is COc1ccc(Br)c(CNc2ccc(NC(C)=O)cc2)c1OCc1ccc(Cl)c(Cl)c1. The summed E-state index contributed by atoms with van der Waals surface area (Å²) in [6, 6.07) is 16.6. The summed E-state index contributed by atoms with van der Waals surface area (Å²) in [5.74, 6) is 1.15. The van der Waals surface area contributed by atoms with Gasteiger partial charge in [-0.2, -0.15) is 0 Å². The molecule has 31 heavy (non-hydrogen) atoms. The second-order valence-electron chi connectivity index (χ2n) is 6.71. The minimum atomic E-state index is -0.107. The zero-order valence-corrected chi connectivity index (χ0v) is 20.1. The smallest absolute Gasteiger partial charge is 0.221 e. The van der Waals surface area contributed by atoms with Crippen molar-refractivity contribution in [2.75, 3.05) is 17.7 Å². The first kappa shape index (κ1) is 23.3. The molecular weight excluding hydrogens is 503 g/mol. The van der Waals surface area contributed by atoms with Crippen molar-refractivity contribution in [1.29, 1.82) is 0 Å². The molecule has 8 heteroatoms. The van der Waals surface area contributed by atoms with Crippen LogP contribution in [0.4, 0.5) is 11.4 Å². The summed E-state index contributed by atoms with van der Waals surface area (Å²) >= 11 is 15.7. The van der Waals surface area contributed by atoms with E-state index in [4.69, 9.17) is 32.7 Å². The fraction of sp³-hybridized carbons (Fsp3) is 0.174. The normalized spacial score (nSPS) is 10.5. The largest absolute Gasteiger partial charge is 0.493 e. The number of hydrogen-bond acceptors (Lipinski definition) is 4. The van der Waals surface area contributed by atoms with Crippen LogP contribution in [0.1, 0.15) is 18.1 Å². The van der Waals surface area contributed by atoms with Crippen molar-refractivity contribution in [1.82, 2.24) is 0 Å². The average Bonchev–Trinajstić information content (AvgIpc) is 2.74. The quantitative estimate of drug-likeness (QED) is 0.336. The van der Waals surface area contributed by atoms with E-state index >= 15 is 0 Å². The lowest BCUT2D eigenvalue weighted by Crippen LogP contribution is -2.07. The summed E-state index contributed by atoms with van der Waals surface area (Å²) in [5, 5.41) is 7.10. The van der Waals surface area contributed by atoms with Crippen molar-refractivity contribution < 1.29 is 14.3 Å². The Labute approximate surface area is 199 Å². The van der Waals surface area contributed by atoms with Gasteiger partial charge in [0.2, 0.25) is 5.91 Å². The van der Waals surface area contributed by atoms with Crippen LogP contribution in [0.25, 0.3) is 0 Å². The van der Waals surface area contributed by atoms with Crippen LogP contribution in [0.3, 0.4) is 0 Å². The Balaban J connectivity index is 1.77. The van der Waals surface area contributed by atoms with Crippen LogP contribution in [0.15, 0.2) is 59.1 Å². The third-order valence-electron chi connectivity index (χ3n) is 4.43. The minimum absolute atomic E-state index is 0.107. The number of nitrogens with one attached hydrogen (secondary N) is 2. The second-order valence-corrected chi connectivity index (χ2v) is 8.38. The Morgan fingerprint density at radius 2 is 1.71 bits per heavy atom. The van der Waals surface area contributed by atoms with Crippen LogP contribution in [-0.2, 0) is 17.9 Å². The molecule has 0 bridgehead atoms. The van der Waals surface area contributed by atoms with Crippen LogP contribution in [0, 0.1) is 0 Å². The molecule has 0 aliphatic heterocycles. The van der Waals surface area contributed by atoms with E-state index in [2.05, 4.69) is 26.6 Å². The molecule has 0 aliphatic rings. The maximum atomic E-state index is 11.2. The fourth-order valence-corrected chi connectivity index (χ4v) is 3.69. The summed E-state index contributed by atoms with van der Waals surface area (Å²) in [5.41, 5.74) is 3.44. The third kappa shape index (κ3) is 6.29. The van der Waals surface area contributed by atoms with E-state index in [9.17, 15) is 4.79 Å². The molecular formula is C23H21BrCl2N2O3. The topological polar surface area (TPSA) is 59.6 Å². The fourth-order valence-electron chi connectivity index (χ4n) is 2.92. The predicted molar refractivity (Wildman–Crippen MR) is 130 cm³/mol. The molecule has 3 rings (SSSR count). The summed E-state index contributed by atoms with van der Waals surface area (Å²) < 4.78 is 12.5. The van der Waals surface area contributed by atoms with Gasteiger partial charge in [-0.15, -0.1) is 0 Å². The van der Waals surface area contributed by atoms with Gasteiger partial charge in [-0.1, -0.05) is 45.2 Å². The zero-order valence-electron chi connectivity index (χ0n) is 17.0. The van der Waals surface area contributed by atoms with Crippen LogP contribution in [0.5, 0.6) is 11.5 Å². The van der Waals surface area contributed by atoms with E-state index < -0.39 is 0 Å². The Bertz CT molecular complexity index is 1080. The van der Waals surface area contributed by atoms with E-state index in [1.165, 1.54) is 6.92 Å². The third-order valence-corrected chi connectivity index (χ3v) is 5.91. The monoisotopic (exact) mass is 522 g/mol. The Morgan fingerprint density at radius 1 is 1.00 bits per heavy atom. The van der Waals surface area contributed by atoms with Crippen molar-refractivity contribution in [3.8, 4) is 11.5 Å². The van der Waals surface area contributed by atoms with Crippen LogP contribution in [0.2, 0.25) is 10.0 Å². The highest BCUT2D eigenvalue weighted by atomic mass is 79.9. The molecule has 0 saturated carbocycles. The molecule has 0 fully saturated rings. The number of ether oxygens (including phenoxy) is 2. The highest BCUT2D eigenvalue weighted by molar-refractivity contribution is 9.10. The lowest BCUT2D eigenvalue weighted by molar-refractivity contribution is -0.114. The van der Waals surface area contributed by atoms with Crippen molar-refractivity contribution >= 4 is 56.4 Å². The summed E-state index contributed by atoms with van der Waals surface area (Å²) in [6.45, 7) is 2.28. The second kappa shape index (κ2) is 10.8. The van der Waals surface area contributed by atoms with Gasteiger partial charge in [-0.3, -0.25) is 4.79 Å². The molecule has 0 aromatic heterocycles. The highest BCUT2D eigenvalue weighted by Gasteiger charge is 2.15. The number of anilines is 2. The van der Waals surface area contributed by atoms with Gasteiger partial charge in [0.05, 0.1) is 17.2 Å². The van der Waals surface area contributed by atoms with Gasteiger partial charge in [0.1, 0.15) is 6.61 Å². The molecule has 0 saturated heterocycles. The lowest BCUT2D eigenvalue weighted by atomic mass is 10.1. The molecule has 0 spiro atoms. The van der Waals surface area contributed by atoms with Gasteiger partial charge in [-0.25, -0.2) is 0 Å². The summed E-state index contributed by atoms with van der Waals surface area (Å²) in [4.78, 5) is 11.2. The van der Waals surface area contributed by atoms with Gasteiger partial charge < -0.3 is 20.1 Å². The molecule has 0 aliphatic carbocycles. The standard InChI is InChI=1S/C23H21BrCl2N2O3/c1-14(29)28-17-6-4-16(5-7-17)27-12-18-19(24)8-10-22(30-2)23(18)31-13-15-3-9-20(25)21(26)11-15/h3-11,27H,12-13H2,1-2H3,(H,28,29). The number of benzene rings is 3. The molecule has 0 unspecified atom stereocenters. The van der Waals surface area contributed by atoms with E-state index in [1.807, 2.05) is 42.5 Å². The lowest BCUT2D eigenvalue weighted by Gasteiger charge is -2.18. The first-order chi connectivity index (χ1) is 14.9. The van der Waals surface area contributed by atoms with Crippen molar-refractivity contribution in [3.05, 3.63) is 80.2 Å². The van der Waals surface area contributed by atoms with Crippen LogP contribution in [-0.4, -0.2) is 13.0 Å². The average molecular weight is 524 g/mol. The maximum absolute atomic E-state index is 11.2. The van der Waals surface area contributed by atoms with E-state index in [0.29, 0.717) is 34.7 Å². The Kier molecular flexibility index (Phi) is 8.07. The molecule has 0 radical (unpaired) electrons. The number of halogens is 3. The van der Waals surface area contributed by atoms with E-state index in [0.717, 1.165) is 27.0 Å². The van der Waals surface area contributed by atoms with Gasteiger partial charge in [0, 0.05) is 34.9 Å². The number of methoxy groups -OCH3 is 1. The first-order valence-corrected chi connectivity index (χ1v) is 11.0. The van der Waals surface area contributed by atoms with Crippen molar-refractivity contribution in [2.45, 2.75) is 20.1 Å². The maximum Gasteiger partial charge on any atom is 0.221 e. The number of carbonyl (C=O) groups is 1. The van der Waals surface area contributed by atoms with Crippen LogP contribution < -0.4 is 20.1 Å². The highest BCUT2D eigenvalue weighted by Crippen LogP contribution is 2.37. The van der Waals surface area contributed by atoms with Crippen molar-refractivity contribution in [2.24, 2.45) is 0 Å². The molecule has 162 valence electrons. The minimum Gasteiger partial charge on any atom is -0.493 e. The molecule has 3 aromatic rings. The predicted octanol–water partition coefficient (Wildman–Crippen LogP) is 6.91. The van der Waals surface area contributed by atoms with E-state index in [1.54, 1.807) is 19.2 Å². The molecule has 3 aromatic carbocycles.